The van der Waals surface area contributed by atoms with Crippen molar-refractivity contribution in [1.29, 1.82) is 0 Å². The highest BCUT2D eigenvalue weighted by atomic mass is 35.5. The Kier molecular flexibility index (Phi) is 1.97. The van der Waals surface area contributed by atoms with Gasteiger partial charge in [0.2, 0.25) is 11.8 Å². The zero-order chi connectivity index (χ0) is 12.4. The molecule has 1 heterocycles. The summed E-state index contributed by atoms with van der Waals surface area (Å²) >= 11 is 5.85. The van der Waals surface area contributed by atoms with Gasteiger partial charge in [-0.3, -0.25) is 14.5 Å². The van der Waals surface area contributed by atoms with Crippen molar-refractivity contribution in [2.45, 2.75) is 12.3 Å². The maximum atomic E-state index is 12.2. The van der Waals surface area contributed by atoms with Gasteiger partial charge in [0.25, 0.3) is 0 Å². The Labute approximate surface area is 104 Å². The molecule has 17 heavy (non-hydrogen) atoms. The second kappa shape index (κ2) is 3.10. The molecule has 0 spiro atoms. The van der Waals surface area contributed by atoms with E-state index in [4.69, 9.17) is 11.6 Å². The predicted molar refractivity (Wildman–Crippen MR) is 63.6 cm³/mol. The molecule has 3 rings (SSSR count). The first kappa shape index (κ1) is 10.8. The maximum Gasteiger partial charge on any atom is 0.240 e. The number of fused-ring (bicyclic) bond motifs is 1. The highest BCUT2D eigenvalue weighted by Gasteiger charge is 2.77. The quantitative estimate of drug-likeness (QED) is 0.713. The van der Waals surface area contributed by atoms with E-state index in [-0.39, 0.29) is 23.7 Å². The fourth-order valence-electron chi connectivity index (χ4n) is 3.18. The van der Waals surface area contributed by atoms with Gasteiger partial charge in [0.15, 0.2) is 0 Å². The van der Waals surface area contributed by atoms with Crippen molar-refractivity contribution in [2.75, 3.05) is 7.05 Å². The molecule has 0 N–H and O–H groups in total. The van der Waals surface area contributed by atoms with Gasteiger partial charge in [-0.15, -0.1) is 0 Å². The van der Waals surface area contributed by atoms with Crippen molar-refractivity contribution >= 4 is 23.4 Å². The topological polar surface area (TPSA) is 37.4 Å². The lowest BCUT2D eigenvalue weighted by Crippen LogP contribution is -2.34. The first-order valence-electron chi connectivity index (χ1n) is 5.59. The summed E-state index contributed by atoms with van der Waals surface area (Å²) in [7, 11) is 1.56. The lowest BCUT2D eigenvalue weighted by molar-refractivity contribution is -0.140. The zero-order valence-corrected chi connectivity index (χ0v) is 10.4. The van der Waals surface area contributed by atoms with E-state index in [0.717, 1.165) is 5.56 Å². The Balaban J connectivity index is 2.11. The molecular formula is C13H12ClNO2. The van der Waals surface area contributed by atoms with Gasteiger partial charge in [-0.25, -0.2) is 0 Å². The number of carbonyl (C=O) groups is 2. The van der Waals surface area contributed by atoms with E-state index in [1.165, 1.54) is 4.90 Å². The second-order valence-electron chi connectivity index (χ2n) is 4.84. The number of hydrogen-bond donors (Lipinski definition) is 0. The second-order valence-corrected chi connectivity index (χ2v) is 5.28. The third-order valence-corrected chi connectivity index (χ3v) is 4.43. The number of hydrogen-bond acceptors (Lipinski definition) is 2. The molecule has 3 unspecified atom stereocenters. The third kappa shape index (κ3) is 1.08. The number of nitrogens with zero attached hydrogens (tertiary/aromatic N) is 1. The van der Waals surface area contributed by atoms with Gasteiger partial charge in [0, 0.05) is 12.1 Å². The minimum atomic E-state index is -0.615. The summed E-state index contributed by atoms with van der Waals surface area (Å²) in [5.41, 5.74) is 0.290. The lowest BCUT2D eigenvalue weighted by atomic mass is 9.92. The van der Waals surface area contributed by atoms with Gasteiger partial charge in [-0.1, -0.05) is 30.7 Å². The number of halogens is 1. The molecule has 1 aliphatic carbocycles. The van der Waals surface area contributed by atoms with Gasteiger partial charge < -0.3 is 0 Å². The summed E-state index contributed by atoms with van der Waals surface area (Å²) in [5, 5.41) is 0.639. The fraction of sp³-hybridized carbons (Fsp3) is 0.385. The van der Waals surface area contributed by atoms with E-state index in [1.807, 2.05) is 19.1 Å². The van der Waals surface area contributed by atoms with Crippen molar-refractivity contribution in [2.24, 2.45) is 11.8 Å². The summed E-state index contributed by atoms with van der Waals surface area (Å²) in [5.74, 6) is -0.221. The molecule has 1 aliphatic heterocycles. The van der Waals surface area contributed by atoms with E-state index >= 15 is 0 Å². The van der Waals surface area contributed by atoms with Crippen LogP contribution in [-0.2, 0) is 15.0 Å². The Morgan fingerprint density at radius 2 is 1.82 bits per heavy atom. The van der Waals surface area contributed by atoms with Gasteiger partial charge in [0.1, 0.15) is 0 Å². The van der Waals surface area contributed by atoms with Crippen LogP contribution in [0.2, 0.25) is 5.02 Å². The van der Waals surface area contributed by atoms with Crippen molar-refractivity contribution < 1.29 is 9.59 Å². The molecule has 1 aromatic rings. The first-order chi connectivity index (χ1) is 8.01. The number of rotatable bonds is 1. The van der Waals surface area contributed by atoms with Crippen LogP contribution in [0.25, 0.3) is 0 Å². The van der Waals surface area contributed by atoms with Gasteiger partial charge in [-0.2, -0.15) is 0 Å². The highest BCUT2D eigenvalue weighted by molar-refractivity contribution is 6.30. The SMILES string of the molecule is CC1C2C(=O)N(C)C(=O)C12c1ccc(Cl)cc1. The minimum absolute atomic E-state index is 0.0579. The van der Waals surface area contributed by atoms with Gasteiger partial charge >= 0.3 is 0 Å². The summed E-state index contributed by atoms with van der Waals surface area (Å²) in [4.78, 5) is 25.4. The molecule has 0 aromatic heterocycles. The Bertz CT molecular complexity index is 525. The van der Waals surface area contributed by atoms with E-state index in [1.54, 1.807) is 19.2 Å². The lowest BCUT2D eigenvalue weighted by Gasteiger charge is -2.17. The average Bonchev–Trinajstić information content (AvgIpc) is 2.87. The van der Waals surface area contributed by atoms with Crippen LogP contribution in [0.1, 0.15) is 12.5 Å². The summed E-state index contributed by atoms with van der Waals surface area (Å²) in [6.07, 6.45) is 0. The normalized spacial score (nSPS) is 35.1. The molecular weight excluding hydrogens is 238 g/mol. The zero-order valence-electron chi connectivity index (χ0n) is 9.61. The number of likely N-dealkylation sites (N-methyl/N-ethyl adjacent to an activating group) is 1. The third-order valence-electron chi connectivity index (χ3n) is 4.18. The van der Waals surface area contributed by atoms with E-state index < -0.39 is 5.41 Å². The fourth-order valence-corrected chi connectivity index (χ4v) is 3.30. The number of carbonyl (C=O) groups excluding carboxylic acids is 2. The van der Waals surface area contributed by atoms with Gasteiger partial charge in [-0.05, 0) is 23.6 Å². The standard InChI is InChI=1S/C13H12ClNO2/c1-7-10-11(16)15(2)12(17)13(7,10)8-3-5-9(14)6-4-8/h3-7,10H,1-2H3. The summed E-state index contributed by atoms with van der Waals surface area (Å²) in [6.45, 7) is 1.96. The molecule has 1 saturated carbocycles. The van der Waals surface area contributed by atoms with Crippen LogP contribution in [-0.4, -0.2) is 23.8 Å². The molecule has 0 bridgehead atoms. The molecule has 2 fully saturated rings. The van der Waals surface area contributed by atoms with Crippen LogP contribution < -0.4 is 0 Å². The van der Waals surface area contributed by atoms with Gasteiger partial charge in [0.05, 0.1) is 11.3 Å². The van der Waals surface area contributed by atoms with Crippen LogP contribution >= 0.6 is 11.6 Å². The number of benzene rings is 1. The van der Waals surface area contributed by atoms with Crippen LogP contribution in [0.5, 0.6) is 0 Å². The molecule has 1 aromatic carbocycles. The highest BCUT2D eigenvalue weighted by Crippen LogP contribution is 2.64. The summed E-state index contributed by atoms with van der Waals surface area (Å²) < 4.78 is 0. The van der Waals surface area contributed by atoms with Crippen molar-refractivity contribution in [3.63, 3.8) is 0 Å². The Morgan fingerprint density at radius 1 is 1.24 bits per heavy atom. The van der Waals surface area contributed by atoms with Crippen LogP contribution in [0.3, 0.4) is 0 Å². The Hall–Kier alpha value is -1.35. The molecule has 2 aliphatic rings. The average molecular weight is 250 g/mol. The predicted octanol–water partition coefficient (Wildman–Crippen LogP) is 1.84. The first-order valence-corrected chi connectivity index (χ1v) is 5.97. The van der Waals surface area contributed by atoms with Crippen molar-refractivity contribution in [1.82, 2.24) is 4.90 Å². The van der Waals surface area contributed by atoms with Crippen LogP contribution in [0.15, 0.2) is 24.3 Å². The molecule has 4 heteroatoms. The van der Waals surface area contributed by atoms with E-state index in [9.17, 15) is 9.59 Å². The Morgan fingerprint density at radius 3 is 2.35 bits per heavy atom. The molecule has 3 atom stereocenters. The largest absolute Gasteiger partial charge is 0.285 e. The van der Waals surface area contributed by atoms with E-state index in [0.29, 0.717) is 5.02 Å². The molecule has 0 radical (unpaired) electrons. The minimum Gasteiger partial charge on any atom is -0.285 e. The van der Waals surface area contributed by atoms with Crippen molar-refractivity contribution in [3.8, 4) is 0 Å². The molecule has 88 valence electrons. The smallest absolute Gasteiger partial charge is 0.240 e. The number of imide groups is 1. The molecule has 3 nitrogen and oxygen atoms in total. The van der Waals surface area contributed by atoms with Crippen molar-refractivity contribution in [3.05, 3.63) is 34.9 Å². The monoisotopic (exact) mass is 249 g/mol. The number of likely N-dealkylation sites (tertiary alicyclic amines) is 1. The maximum absolute atomic E-state index is 12.2. The number of piperidine rings is 1. The van der Waals surface area contributed by atoms with Crippen LogP contribution in [0, 0.1) is 11.8 Å². The molecule has 2 amide bonds. The van der Waals surface area contributed by atoms with E-state index in [2.05, 4.69) is 0 Å². The number of amides is 2. The summed E-state index contributed by atoms with van der Waals surface area (Å²) in [6, 6.07) is 7.24. The van der Waals surface area contributed by atoms with Crippen LogP contribution in [0.4, 0.5) is 0 Å². The molecule has 1 saturated heterocycles.